The van der Waals surface area contributed by atoms with Crippen molar-refractivity contribution < 1.29 is 24.2 Å². The molecule has 190 valence electrons. The second-order valence-corrected chi connectivity index (χ2v) is 6.74. The van der Waals surface area contributed by atoms with E-state index < -0.39 is 12.1 Å². The van der Waals surface area contributed by atoms with Gasteiger partial charge in [-0.2, -0.15) is 0 Å². The summed E-state index contributed by atoms with van der Waals surface area (Å²) in [6.45, 7) is 14.8. The molecular weight excluding hydrogens is 452 g/mol. The Kier molecular flexibility index (Phi) is 19.2. The zero-order valence-corrected chi connectivity index (χ0v) is 22.8. The Morgan fingerprint density at radius 3 is 2.29 bits per heavy atom. The Hall–Kier alpha value is -2.89. The number of carbonyl (C=O) groups excluding carboxylic acids is 2. The number of aliphatic hydroxyl groups excluding tert-OH is 1. The van der Waals surface area contributed by atoms with Gasteiger partial charge in [-0.15, -0.1) is 17.8 Å². The van der Waals surface area contributed by atoms with E-state index in [1.165, 1.54) is 16.2 Å². The average Bonchev–Trinajstić information content (AvgIpc) is 3.51. The molecule has 0 bridgehead atoms. The maximum absolute atomic E-state index is 11.6. The van der Waals surface area contributed by atoms with Crippen LogP contribution in [0.25, 0.3) is 10.6 Å². The van der Waals surface area contributed by atoms with E-state index in [4.69, 9.17) is 21.0 Å². The van der Waals surface area contributed by atoms with Crippen molar-refractivity contribution in [1.29, 1.82) is 0 Å². The van der Waals surface area contributed by atoms with Gasteiger partial charge >= 0.3 is 5.97 Å². The van der Waals surface area contributed by atoms with Gasteiger partial charge < -0.3 is 19.5 Å². The molecule has 34 heavy (non-hydrogen) atoms. The fraction of sp³-hybridized carbons (Fsp3) is 0.500. The molecular formula is C26H40N2O5S. The smallest absolute Gasteiger partial charge is 0.357 e. The topological polar surface area (TPSA) is 89.0 Å². The second-order valence-electron chi connectivity index (χ2n) is 5.88. The number of rotatable bonds is 4. The fourth-order valence-corrected chi connectivity index (χ4v) is 3.27. The number of benzene rings is 1. The quantitative estimate of drug-likeness (QED) is 0.462. The van der Waals surface area contributed by atoms with E-state index in [2.05, 4.69) is 10.9 Å². The highest BCUT2D eigenvalue weighted by atomic mass is 32.1. The highest BCUT2D eigenvalue weighted by Crippen LogP contribution is 2.33. The molecule has 1 aliphatic heterocycles. The Morgan fingerprint density at radius 1 is 1.26 bits per heavy atom. The molecule has 3 rings (SSSR count). The number of hydrogen-bond acceptors (Lipinski definition) is 7. The number of nitrogens with zero attached hydrogens (tertiary/aromatic N) is 2. The maximum Gasteiger partial charge on any atom is 0.357 e. The highest BCUT2D eigenvalue weighted by molar-refractivity contribution is 7.13. The van der Waals surface area contributed by atoms with E-state index in [-0.39, 0.29) is 5.91 Å². The van der Waals surface area contributed by atoms with Crippen LogP contribution in [0.15, 0.2) is 23.6 Å². The first-order chi connectivity index (χ1) is 16.4. The lowest BCUT2D eigenvalue weighted by Crippen LogP contribution is -2.24. The van der Waals surface area contributed by atoms with Crippen molar-refractivity contribution in [1.82, 2.24) is 9.88 Å². The summed E-state index contributed by atoms with van der Waals surface area (Å²) >= 11 is 1.35. The first kappa shape index (κ1) is 33.3. The molecule has 1 saturated heterocycles. The number of aromatic nitrogens is 1. The van der Waals surface area contributed by atoms with Gasteiger partial charge in [-0.3, -0.25) is 4.79 Å². The van der Waals surface area contributed by atoms with Crippen LogP contribution in [-0.2, 0) is 9.53 Å². The molecule has 0 spiro atoms. The van der Waals surface area contributed by atoms with Gasteiger partial charge in [-0.25, -0.2) is 9.78 Å². The Balaban J connectivity index is 0. The van der Waals surface area contributed by atoms with E-state index in [0.29, 0.717) is 36.0 Å². The number of amides is 1. The van der Waals surface area contributed by atoms with Crippen molar-refractivity contribution in [2.45, 2.75) is 61.0 Å². The molecule has 1 aromatic heterocycles. The number of hydrogen-bond donors (Lipinski definition) is 1. The highest BCUT2D eigenvalue weighted by Gasteiger charge is 2.26. The molecule has 0 saturated carbocycles. The molecule has 0 aliphatic carbocycles. The number of thiazole rings is 1. The van der Waals surface area contributed by atoms with Crippen molar-refractivity contribution in [2.75, 3.05) is 27.3 Å². The zero-order valence-electron chi connectivity index (χ0n) is 22.0. The molecule has 1 N–H and O–H groups in total. The number of terminal acetylenes is 1. The molecule has 1 atom stereocenters. The lowest BCUT2D eigenvalue weighted by atomic mass is 10.1. The molecule has 1 amide bonds. The number of aliphatic hydroxyl groups is 1. The van der Waals surface area contributed by atoms with Gasteiger partial charge in [0.25, 0.3) is 5.91 Å². The lowest BCUT2D eigenvalue weighted by Gasteiger charge is -2.06. The average molecular weight is 493 g/mol. The van der Waals surface area contributed by atoms with Gasteiger partial charge in [0.15, 0.2) is 5.69 Å². The number of esters is 1. The number of likely N-dealkylation sites (N-methyl/N-ethyl adjacent to an activating group) is 1. The van der Waals surface area contributed by atoms with Gasteiger partial charge in [0.2, 0.25) is 0 Å². The summed E-state index contributed by atoms with van der Waals surface area (Å²) in [5.74, 6) is 2.65. The molecule has 2 aromatic rings. The Morgan fingerprint density at radius 2 is 1.88 bits per heavy atom. The van der Waals surface area contributed by atoms with E-state index in [1.807, 2.05) is 47.6 Å². The molecule has 1 unspecified atom stereocenters. The third-order valence-electron chi connectivity index (χ3n) is 3.98. The van der Waals surface area contributed by atoms with Crippen molar-refractivity contribution in [3.05, 3.63) is 34.8 Å². The van der Waals surface area contributed by atoms with Gasteiger partial charge in [0, 0.05) is 24.5 Å². The number of likely N-dealkylation sites (tertiary alicyclic amines) is 1. The van der Waals surface area contributed by atoms with Crippen molar-refractivity contribution in [3.63, 3.8) is 0 Å². The fourth-order valence-electron chi connectivity index (χ4n) is 2.47. The van der Waals surface area contributed by atoms with Gasteiger partial charge in [0.1, 0.15) is 16.9 Å². The normalized spacial score (nSPS) is 13.3. The van der Waals surface area contributed by atoms with Crippen LogP contribution in [0.1, 0.15) is 70.9 Å². The molecule has 1 fully saturated rings. The molecule has 2 heterocycles. The largest absolute Gasteiger partial charge is 0.496 e. The van der Waals surface area contributed by atoms with Crippen LogP contribution in [0.5, 0.6) is 5.75 Å². The monoisotopic (exact) mass is 492 g/mol. The summed E-state index contributed by atoms with van der Waals surface area (Å²) in [7, 11) is 3.27. The lowest BCUT2D eigenvalue weighted by molar-refractivity contribution is -0.133. The zero-order chi connectivity index (χ0) is 26.7. The second kappa shape index (κ2) is 19.6. The van der Waals surface area contributed by atoms with Crippen molar-refractivity contribution >= 4 is 23.2 Å². The molecule has 1 aliphatic rings. The number of ether oxygens (including phenoxy) is 2. The summed E-state index contributed by atoms with van der Waals surface area (Å²) in [6, 6.07) is 5.39. The van der Waals surface area contributed by atoms with E-state index in [0.717, 1.165) is 11.1 Å². The standard InChI is InChI=1S/C15H13NO3S.C5H9NO2.3C2H6/c1-4-10-6-7-13(18-3)11(8-10)14-16-12(9-20-14)15(17)19-5-2;1-6-3-2-4(7)5(6)8;3*1-2/h1,6-9H,5H2,2-3H3;4,7H,2-3H2,1H3;3*1-2H3. The first-order valence-electron chi connectivity index (χ1n) is 11.6. The van der Waals surface area contributed by atoms with Gasteiger partial charge in [-0.05, 0) is 31.5 Å². The third-order valence-corrected chi connectivity index (χ3v) is 4.86. The van der Waals surface area contributed by atoms with E-state index in [1.54, 1.807) is 38.6 Å². The summed E-state index contributed by atoms with van der Waals surface area (Å²) in [4.78, 5) is 28.0. The predicted octanol–water partition coefficient (Wildman–Crippen LogP) is 5.26. The van der Waals surface area contributed by atoms with Crippen LogP contribution in [0.4, 0.5) is 0 Å². The van der Waals surface area contributed by atoms with Gasteiger partial charge in [0.05, 0.1) is 19.3 Å². The number of methoxy groups -OCH3 is 1. The minimum absolute atomic E-state index is 0.148. The maximum atomic E-state index is 11.6. The summed E-state index contributed by atoms with van der Waals surface area (Å²) in [5.41, 5.74) is 1.79. The minimum Gasteiger partial charge on any atom is -0.496 e. The van der Waals surface area contributed by atoms with Crippen molar-refractivity contribution in [3.8, 4) is 28.7 Å². The molecule has 1 aromatic carbocycles. The predicted molar refractivity (Wildman–Crippen MR) is 140 cm³/mol. The number of carbonyl (C=O) groups is 2. The molecule has 0 radical (unpaired) electrons. The van der Waals surface area contributed by atoms with E-state index >= 15 is 0 Å². The minimum atomic E-state index is -0.722. The van der Waals surface area contributed by atoms with Crippen LogP contribution >= 0.6 is 11.3 Å². The SMILES string of the molecule is C#Cc1ccc(OC)c(-c2nc(C(=O)OCC)cs2)c1.CC.CC.CC.CN1CCC(O)C1=O. The van der Waals surface area contributed by atoms with Crippen LogP contribution < -0.4 is 4.74 Å². The Labute approximate surface area is 209 Å². The Bertz CT molecular complexity index is 878. The van der Waals surface area contributed by atoms with Crippen LogP contribution in [0.3, 0.4) is 0 Å². The van der Waals surface area contributed by atoms with Crippen molar-refractivity contribution in [2.24, 2.45) is 0 Å². The molecule has 7 nitrogen and oxygen atoms in total. The van der Waals surface area contributed by atoms with Gasteiger partial charge in [-0.1, -0.05) is 47.5 Å². The third kappa shape index (κ3) is 10.4. The van der Waals surface area contributed by atoms with E-state index in [9.17, 15) is 9.59 Å². The summed E-state index contributed by atoms with van der Waals surface area (Å²) in [6.07, 6.45) is 5.27. The first-order valence-corrected chi connectivity index (χ1v) is 12.5. The van der Waals surface area contributed by atoms with Crippen LogP contribution in [0.2, 0.25) is 0 Å². The molecule has 8 heteroatoms. The summed E-state index contributed by atoms with van der Waals surface area (Å²) < 4.78 is 10.2. The van der Waals surface area contributed by atoms with Crippen LogP contribution in [-0.4, -0.2) is 60.3 Å². The summed E-state index contributed by atoms with van der Waals surface area (Å²) in [5, 5.41) is 11.1. The van der Waals surface area contributed by atoms with Crippen LogP contribution in [0, 0.1) is 12.3 Å².